The molecule has 1 heterocycles. The topological polar surface area (TPSA) is 68.0 Å². The number of nitrogens with zero attached hydrogens (tertiary/aromatic N) is 1. The standard InChI is InChI=1S/C18H16FN3O/c19-14-7-5-12(6-8-14)9-16(20)18(23)22-15-10-13-3-1-2-4-17(13)21-11-15/h1-8,10-11,16H,9,20H2,(H,22,23)/t16-/m1/s1. The summed E-state index contributed by atoms with van der Waals surface area (Å²) in [6.07, 6.45) is 1.94. The van der Waals surface area contributed by atoms with Crippen molar-refractivity contribution in [3.8, 4) is 0 Å². The van der Waals surface area contributed by atoms with Crippen LogP contribution in [0.3, 0.4) is 0 Å². The number of nitrogens with two attached hydrogens (primary N) is 1. The summed E-state index contributed by atoms with van der Waals surface area (Å²) in [5.41, 5.74) is 8.19. The molecule has 3 aromatic rings. The van der Waals surface area contributed by atoms with Gasteiger partial charge in [0.2, 0.25) is 5.91 Å². The zero-order valence-corrected chi connectivity index (χ0v) is 12.4. The van der Waals surface area contributed by atoms with Crippen molar-refractivity contribution < 1.29 is 9.18 Å². The van der Waals surface area contributed by atoms with Crippen LogP contribution >= 0.6 is 0 Å². The van der Waals surface area contributed by atoms with Gasteiger partial charge in [-0.2, -0.15) is 0 Å². The number of pyridine rings is 1. The fourth-order valence-electron chi connectivity index (χ4n) is 2.34. The molecule has 3 N–H and O–H groups in total. The molecule has 0 bridgehead atoms. The van der Waals surface area contributed by atoms with Crippen molar-refractivity contribution in [3.05, 3.63) is 72.2 Å². The van der Waals surface area contributed by atoms with E-state index in [1.165, 1.54) is 12.1 Å². The molecule has 0 spiro atoms. The van der Waals surface area contributed by atoms with Crippen LogP contribution in [0.5, 0.6) is 0 Å². The lowest BCUT2D eigenvalue weighted by Crippen LogP contribution is -2.37. The molecule has 0 saturated heterocycles. The third-order valence-corrected chi connectivity index (χ3v) is 3.56. The van der Waals surface area contributed by atoms with Crippen LogP contribution in [0.4, 0.5) is 10.1 Å². The van der Waals surface area contributed by atoms with Crippen molar-refractivity contribution in [2.45, 2.75) is 12.5 Å². The normalized spacial score (nSPS) is 12.1. The second-order valence-electron chi connectivity index (χ2n) is 5.34. The SMILES string of the molecule is N[C@H](Cc1ccc(F)cc1)C(=O)Nc1cnc2ccccc2c1. The number of carbonyl (C=O) groups is 1. The fraction of sp³-hybridized carbons (Fsp3) is 0.111. The maximum Gasteiger partial charge on any atom is 0.241 e. The molecule has 1 atom stereocenters. The number of nitrogens with one attached hydrogen (secondary N) is 1. The van der Waals surface area contributed by atoms with Crippen LogP contribution in [-0.2, 0) is 11.2 Å². The molecule has 116 valence electrons. The third-order valence-electron chi connectivity index (χ3n) is 3.56. The number of amides is 1. The van der Waals surface area contributed by atoms with Gasteiger partial charge < -0.3 is 11.1 Å². The van der Waals surface area contributed by atoms with E-state index in [0.29, 0.717) is 12.1 Å². The van der Waals surface area contributed by atoms with Crippen molar-refractivity contribution in [3.63, 3.8) is 0 Å². The van der Waals surface area contributed by atoms with E-state index in [2.05, 4.69) is 10.3 Å². The molecule has 23 heavy (non-hydrogen) atoms. The van der Waals surface area contributed by atoms with E-state index in [0.717, 1.165) is 16.5 Å². The summed E-state index contributed by atoms with van der Waals surface area (Å²) in [7, 11) is 0. The number of hydrogen-bond acceptors (Lipinski definition) is 3. The molecule has 0 saturated carbocycles. The first-order valence-electron chi connectivity index (χ1n) is 7.27. The molecule has 0 fully saturated rings. The highest BCUT2D eigenvalue weighted by atomic mass is 19.1. The highest BCUT2D eigenvalue weighted by Gasteiger charge is 2.14. The lowest BCUT2D eigenvalue weighted by Gasteiger charge is -2.12. The van der Waals surface area contributed by atoms with E-state index in [1.54, 1.807) is 18.3 Å². The van der Waals surface area contributed by atoms with Crippen LogP contribution in [0, 0.1) is 5.82 Å². The number of carbonyl (C=O) groups excluding carboxylic acids is 1. The smallest absolute Gasteiger partial charge is 0.241 e. The Morgan fingerprint density at radius 3 is 2.70 bits per heavy atom. The lowest BCUT2D eigenvalue weighted by atomic mass is 10.1. The molecule has 0 aliphatic rings. The van der Waals surface area contributed by atoms with Crippen molar-refractivity contribution in [2.24, 2.45) is 5.73 Å². The summed E-state index contributed by atoms with van der Waals surface area (Å²) in [4.78, 5) is 16.5. The van der Waals surface area contributed by atoms with E-state index in [9.17, 15) is 9.18 Å². The van der Waals surface area contributed by atoms with Crippen molar-refractivity contribution in [1.29, 1.82) is 0 Å². The molecular formula is C18H16FN3O. The Balaban J connectivity index is 1.68. The molecular weight excluding hydrogens is 293 g/mol. The van der Waals surface area contributed by atoms with Crippen LogP contribution in [0.1, 0.15) is 5.56 Å². The van der Waals surface area contributed by atoms with Crippen LogP contribution in [0.2, 0.25) is 0 Å². The first-order chi connectivity index (χ1) is 11.1. The highest BCUT2D eigenvalue weighted by molar-refractivity contribution is 5.96. The molecule has 0 radical (unpaired) electrons. The highest BCUT2D eigenvalue weighted by Crippen LogP contribution is 2.16. The van der Waals surface area contributed by atoms with Gasteiger partial charge in [-0.3, -0.25) is 9.78 Å². The second kappa shape index (κ2) is 6.54. The van der Waals surface area contributed by atoms with Crippen molar-refractivity contribution in [2.75, 3.05) is 5.32 Å². The Morgan fingerprint density at radius 2 is 1.91 bits per heavy atom. The predicted octanol–water partition coefficient (Wildman–Crippen LogP) is 2.88. The summed E-state index contributed by atoms with van der Waals surface area (Å²) in [5.74, 6) is -0.611. The molecule has 1 amide bonds. The molecule has 0 unspecified atom stereocenters. The minimum absolute atomic E-state index is 0.300. The van der Waals surface area contributed by atoms with E-state index < -0.39 is 6.04 Å². The second-order valence-corrected chi connectivity index (χ2v) is 5.34. The van der Waals surface area contributed by atoms with Gasteiger partial charge in [-0.1, -0.05) is 30.3 Å². The minimum atomic E-state index is -0.716. The van der Waals surface area contributed by atoms with Gasteiger partial charge in [0.15, 0.2) is 0 Å². The quantitative estimate of drug-likeness (QED) is 0.778. The number of anilines is 1. The summed E-state index contributed by atoms with van der Waals surface area (Å²) in [5, 5.41) is 3.71. The largest absolute Gasteiger partial charge is 0.323 e. The predicted molar refractivity (Wildman–Crippen MR) is 88.5 cm³/mol. The number of fused-ring (bicyclic) bond motifs is 1. The van der Waals surface area contributed by atoms with Gasteiger partial charge in [0.1, 0.15) is 5.82 Å². The third kappa shape index (κ3) is 3.70. The van der Waals surface area contributed by atoms with Crippen LogP contribution in [-0.4, -0.2) is 16.9 Å². The Bertz CT molecular complexity index is 833. The fourth-order valence-corrected chi connectivity index (χ4v) is 2.34. The van der Waals surface area contributed by atoms with E-state index in [4.69, 9.17) is 5.73 Å². The maximum atomic E-state index is 12.9. The summed E-state index contributed by atoms with van der Waals surface area (Å²) >= 11 is 0. The molecule has 3 rings (SSSR count). The van der Waals surface area contributed by atoms with Gasteiger partial charge in [-0.15, -0.1) is 0 Å². The minimum Gasteiger partial charge on any atom is -0.323 e. The molecule has 0 aliphatic carbocycles. The first-order valence-corrected chi connectivity index (χ1v) is 7.27. The van der Waals surface area contributed by atoms with Crippen LogP contribution < -0.4 is 11.1 Å². The molecule has 1 aromatic heterocycles. The number of para-hydroxylation sites is 1. The number of rotatable bonds is 4. The average molecular weight is 309 g/mol. The molecule has 5 heteroatoms. The number of aromatic nitrogens is 1. The first kappa shape index (κ1) is 15.1. The molecule has 0 aliphatic heterocycles. The zero-order valence-electron chi connectivity index (χ0n) is 12.4. The number of benzene rings is 2. The Labute approximate surface area is 133 Å². The van der Waals surface area contributed by atoms with Crippen molar-refractivity contribution >= 4 is 22.5 Å². The monoisotopic (exact) mass is 309 g/mol. The Hall–Kier alpha value is -2.79. The van der Waals surface area contributed by atoms with Gasteiger partial charge in [-0.05, 0) is 36.2 Å². The summed E-state index contributed by atoms with van der Waals surface area (Å²) in [6, 6.07) is 14.7. The summed E-state index contributed by atoms with van der Waals surface area (Å²) < 4.78 is 12.9. The Kier molecular flexibility index (Phi) is 4.30. The van der Waals surface area contributed by atoms with Crippen LogP contribution in [0.15, 0.2) is 60.8 Å². The zero-order chi connectivity index (χ0) is 16.2. The number of hydrogen-bond donors (Lipinski definition) is 2. The van der Waals surface area contributed by atoms with E-state index >= 15 is 0 Å². The Morgan fingerprint density at radius 1 is 1.17 bits per heavy atom. The van der Waals surface area contributed by atoms with Crippen molar-refractivity contribution in [1.82, 2.24) is 4.98 Å². The van der Waals surface area contributed by atoms with Crippen LogP contribution in [0.25, 0.3) is 10.9 Å². The lowest BCUT2D eigenvalue weighted by molar-refractivity contribution is -0.117. The number of halogens is 1. The molecule has 4 nitrogen and oxygen atoms in total. The van der Waals surface area contributed by atoms with E-state index in [1.807, 2.05) is 30.3 Å². The summed E-state index contributed by atoms with van der Waals surface area (Å²) in [6.45, 7) is 0. The molecule has 2 aromatic carbocycles. The average Bonchev–Trinajstić information content (AvgIpc) is 2.56. The van der Waals surface area contributed by atoms with Gasteiger partial charge in [0.25, 0.3) is 0 Å². The van der Waals surface area contributed by atoms with Gasteiger partial charge in [-0.25, -0.2) is 4.39 Å². The van der Waals surface area contributed by atoms with Gasteiger partial charge in [0, 0.05) is 5.39 Å². The van der Waals surface area contributed by atoms with E-state index in [-0.39, 0.29) is 11.7 Å². The van der Waals surface area contributed by atoms with Gasteiger partial charge in [0.05, 0.1) is 23.4 Å². The van der Waals surface area contributed by atoms with Gasteiger partial charge >= 0.3 is 0 Å². The maximum absolute atomic E-state index is 12.9.